The maximum atomic E-state index is 8.88. The number of hydrogen-bond donors (Lipinski definition) is 0. The Labute approximate surface area is 152 Å². The molecular formula is C21H30N2O2. The molecule has 0 aliphatic heterocycles. The minimum Gasteiger partial charge on any atom is -0.211 e. The highest BCUT2D eigenvalue weighted by Crippen LogP contribution is 2.07. The molecule has 0 bridgehead atoms. The van der Waals surface area contributed by atoms with E-state index in [9.17, 15) is 0 Å². The summed E-state index contributed by atoms with van der Waals surface area (Å²) in [5.74, 6) is 0. The third kappa shape index (κ3) is 21.2. The summed E-state index contributed by atoms with van der Waals surface area (Å²) >= 11 is 0. The van der Waals surface area contributed by atoms with Gasteiger partial charge in [-0.05, 0) is 17.5 Å². The second-order valence-corrected chi connectivity index (χ2v) is 3.78. The van der Waals surface area contributed by atoms with Crippen molar-refractivity contribution in [2.75, 3.05) is 14.1 Å². The van der Waals surface area contributed by atoms with Gasteiger partial charge in [0.15, 0.2) is 0 Å². The number of rotatable bonds is 2. The molecule has 2 rings (SSSR count). The fraction of sp³-hybridized carbons (Fsp3) is 0.333. The molecule has 2 aromatic rings. The van der Waals surface area contributed by atoms with Gasteiger partial charge in [0.1, 0.15) is 0 Å². The second kappa shape index (κ2) is 26.1. The van der Waals surface area contributed by atoms with Crippen LogP contribution in [0.3, 0.4) is 0 Å². The van der Waals surface area contributed by atoms with Crippen molar-refractivity contribution in [1.29, 1.82) is 0 Å². The smallest absolute Gasteiger partial charge is 0.211 e. The Kier molecular flexibility index (Phi) is 28.3. The Morgan fingerprint density at radius 2 is 0.880 bits per heavy atom. The van der Waals surface area contributed by atoms with E-state index in [1.807, 2.05) is 27.7 Å². The highest BCUT2D eigenvalue weighted by molar-refractivity contribution is 5.32. The summed E-state index contributed by atoms with van der Waals surface area (Å²) in [5, 5.41) is 0. The summed E-state index contributed by atoms with van der Waals surface area (Å²) in [6.45, 7) is 8.00. The molecule has 0 aromatic heterocycles. The van der Waals surface area contributed by atoms with E-state index in [1.54, 1.807) is 0 Å². The van der Waals surface area contributed by atoms with E-state index in [4.69, 9.17) is 9.59 Å². The van der Waals surface area contributed by atoms with Crippen LogP contribution in [0, 0.1) is 0 Å². The lowest BCUT2D eigenvalue weighted by molar-refractivity contribution is 0.564. The third-order valence-corrected chi connectivity index (χ3v) is 2.28. The van der Waals surface area contributed by atoms with E-state index in [0.29, 0.717) is 0 Å². The van der Waals surface area contributed by atoms with Gasteiger partial charge >= 0.3 is 0 Å². The molecule has 0 aliphatic rings. The van der Waals surface area contributed by atoms with Crippen molar-refractivity contribution in [3.63, 3.8) is 0 Å². The molecule has 0 N–H and O–H groups in total. The Bertz CT molecular complexity index is 518. The maximum Gasteiger partial charge on any atom is 0.234 e. The molecule has 0 spiro atoms. The molecule has 4 nitrogen and oxygen atoms in total. The number of carbonyl (C=O) groups excluding carboxylic acids is 2. The van der Waals surface area contributed by atoms with E-state index in [1.165, 1.54) is 37.4 Å². The van der Waals surface area contributed by atoms with Gasteiger partial charge in [0, 0.05) is 14.1 Å². The van der Waals surface area contributed by atoms with Gasteiger partial charge in [0.2, 0.25) is 12.2 Å². The SMILES string of the molecule is CC.CC.CN=C=O.CN=C=O.c1ccc(Cc2ccccc2)cc1. The fourth-order valence-electron chi connectivity index (χ4n) is 1.43. The van der Waals surface area contributed by atoms with Gasteiger partial charge in [-0.3, -0.25) is 0 Å². The average Bonchev–Trinajstić information content (AvgIpc) is 2.73. The van der Waals surface area contributed by atoms with Crippen LogP contribution in [0.5, 0.6) is 0 Å². The van der Waals surface area contributed by atoms with Crippen LogP contribution < -0.4 is 0 Å². The topological polar surface area (TPSA) is 58.9 Å². The number of aliphatic imine (C=N–C) groups is 2. The van der Waals surface area contributed by atoms with E-state index in [0.717, 1.165) is 6.42 Å². The summed E-state index contributed by atoms with van der Waals surface area (Å²) in [7, 11) is 2.76. The Balaban J connectivity index is -0.000000339. The molecule has 136 valence electrons. The normalized spacial score (nSPS) is 6.96. The van der Waals surface area contributed by atoms with Gasteiger partial charge < -0.3 is 0 Å². The standard InChI is InChI=1S/C13H12.2C2H3NO.2C2H6/c1-3-7-12(8-4-1)11-13-9-5-2-6-10-13;2*1-3-2-4;2*1-2/h1-10H,11H2;2*1H3;2*1-2H3. The van der Waals surface area contributed by atoms with Gasteiger partial charge in [0.05, 0.1) is 0 Å². The van der Waals surface area contributed by atoms with Gasteiger partial charge in [0.25, 0.3) is 0 Å². The number of benzene rings is 2. The molecule has 0 atom stereocenters. The Hall–Kier alpha value is -2.80. The summed E-state index contributed by atoms with van der Waals surface area (Å²) < 4.78 is 0. The van der Waals surface area contributed by atoms with Crippen molar-refractivity contribution in [2.45, 2.75) is 34.1 Å². The van der Waals surface area contributed by atoms with Gasteiger partial charge in [-0.2, -0.15) is 0 Å². The monoisotopic (exact) mass is 342 g/mol. The summed E-state index contributed by atoms with van der Waals surface area (Å²) in [4.78, 5) is 23.6. The first-order valence-corrected chi connectivity index (χ1v) is 8.28. The molecule has 0 saturated heterocycles. The zero-order valence-electron chi connectivity index (χ0n) is 16.2. The first kappa shape index (κ1) is 27.1. The van der Waals surface area contributed by atoms with Crippen molar-refractivity contribution in [3.8, 4) is 0 Å². The quantitative estimate of drug-likeness (QED) is 0.554. The van der Waals surface area contributed by atoms with Gasteiger partial charge in [-0.1, -0.05) is 88.4 Å². The first-order valence-electron chi connectivity index (χ1n) is 8.28. The van der Waals surface area contributed by atoms with Crippen LogP contribution in [0.15, 0.2) is 70.6 Å². The highest BCUT2D eigenvalue weighted by atomic mass is 16.1. The predicted molar refractivity (Wildman–Crippen MR) is 106 cm³/mol. The predicted octanol–water partition coefficient (Wildman–Crippen LogP) is 5.23. The van der Waals surface area contributed by atoms with Gasteiger partial charge in [-0.25, -0.2) is 19.6 Å². The van der Waals surface area contributed by atoms with Crippen molar-refractivity contribution < 1.29 is 9.59 Å². The summed E-state index contributed by atoms with van der Waals surface area (Å²) in [6.07, 6.45) is 3.64. The number of nitrogens with zero attached hydrogens (tertiary/aromatic N) is 2. The molecule has 0 aliphatic carbocycles. The molecule has 0 amide bonds. The minimum atomic E-state index is 1.03. The number of hydrogen-bond acceptors (Lipinski definition) is 4. The molecule has 0 fully saturated rings. The van der Waals surface area contributed by atoms with Crippen molar-refractivity contribution in [2.24, 2.45) is 9.98 Å². The molecule has 0 saturated carbocycles. The first-order chi connectivity index (χ1) is 12.3. The lowest BCUT2D eigenvalue weighted by Crippen LogP contribution is -1.85. The van der Waals surface area contributed by atoms with E-state index < -0.39 is 0 Å². The zero-order valence-corrected chi connectivity index (χ0v) is 16.2. The molecule has 2 aromatic carbocycles. The van der Waals surface area contributed by atoms with Crippen LogP contribution in [-0.2, 0) is 16.0 Å². The summed E-state index contributed by atoms with van der Waals surface area (Å²) in [6, 6.07) is 21.1. The van der Waals surface area contributed by atoms with Crippen molar-refractivity contribution in [3.05, 3.63) is 71.8 Å². The number of isocyanates is 2. The van der Waals surface area contributed by atoms with Crippen LogP contribution >= 0.6 is 0 Å². The van der Waals surface area contributed by atoms with E-state index in [2.05, 4.69) is 70.6 Å². The molecule has 25 heavy (non-hydrogen) atoms. The molecule has 0 unspecified atom stereocenters. The average molecular weight is 342 g/mol. The summed E-state index contributed by atoms with van der Waals surface area (Å²) in [5.41, 5.74) is 2.74. The zero-order chi connectivity index (χ0) is 19.8. The molecule has 4 heteroatoms. The third-order valence-electron chi connectivity index (χ3n) is 2.28. The Morgan fingerprint density at radius 3 is 1.08 bits per heavy atom. The van der Waals surface area contributed by atoms with E-state index >= 15 is 0 Å². The minimum absolute atomic E-state index is 1.03. The molecule has 0 radical (unpaired) electrons. The molecule has 0 heterocycles. The highest BCUT2D eigenvalue weighted by Gasteiger charge is 1.92. The van der Waals surface area contributed by atoms with Crippen molar-refractivity contribution >= 4 is 12.2 Å². The second-order valence-electron chi connectivity index (χ2n) is 3.78. The van der Waals surface area contributed by atoms with Crippen LogP contribution in [0.4, 0.5) is 0 Å². The Morgan fingerprint density at radius 1 is 0.640 bits per heavy atom. The maximum absolute atomic E-state index is 8.88. The van der Waals surface area contributed by atoms with Crippen LogP contribution in [0.25, 0.3) is 0 Å². The molecular weight excluding hydrogens is 312 g/mol. The fourth-order valence-corrected chi connectivity index (χ4v) is 1.43. The van der Waals surface area contributed by atoms with Crippen LogP contribution in [0.2, 0.25) is 0 Å². The van der Waals surface area contributed by atoms with E-state index in [-0.39, 0.29) is 0 Å². The van der Waals surface area contributed by atoms with Crippen LogP contribution in [0.1, 0.15) is 38.8 Å². The van der Waals surface area contributed by atoms with Crippen LogP contribution in [-0.4, -0.2) is 26.3 Å². The van der Waals surface area contributed by atoms with Gasteiger partial charge in [-0.15, -0.1) is 0 Å². The largest absolute Gasteiger partial charge is 0.234 e. The lowest BCUT2D eigenvalue weighted by atomic mass is 10.1. The van der Waals surface area contributed by atoms with Crippen molar-refractivity contribution in [1.82, 2.24) is 0 Å². The lowest BCUT2D eigenvalue weighted by Gasteiger charge is -2.00.